The number of rotatable bonds is 3. The largest absolute Gasteiger partial charge is 0.506 e. The fourth-order valence-electron chi connectivity index (χ4n) is 1.67. The molecule has 0 atom stereocenters. The van der Waals surface area contributed by atoms with Gasteiger partial charge in [0.2, 0.25) is 0 Å². The molecule has 4 heteroatoms. The minimum Gasteiger partial charge on any atom is -0.506 e. The molecule has 0 heterocycles. The van der Waals surface area contributed by atoms with E-state index in [1.165, 1.54) is 6.07 Å². The number of phenolic OH excluding ortho intramolecular Hbond substituents is 1. The molecule has 0 fully saturated rings. The van der Waals surface area contributed by atoms with Crippen LogP contribution in [0.15, 0.2) is 36.4 Å². The molecule has 0 radical (unpaired) electrons. The van der Waals surface area contributed by atoms with Crippen molar-refractivity contribution in [3.05, 3.63) is 47.0 Å². The van der Waals surface area contributed by atoms with Crippen molar-refractivity contribution < 1.29 is 14.6 Å². The number of aldehydes is 1. The minimum absolute atomic E-state index is 0.171. The van der Waals surface area contributed by atoms with Crippen molar-refractivity contribution >= 4 is 17.9 Å². The Kier molecular flexibility index (Phi) is 3.53. The number of carbonyl (C=O) groups excluding carboxylic acids is 1. The lowest BCUT2D eigenvalue weighted by molar-refractivity contribution is 0.112. The van der Waals surface area contributed by atoms with Crippen molar-refractivity contribution in [2.45, 2.75) is 0 Å². The molecule has 0 unspecified atom stereocenters. The molecular formula is C14H11ClO3. The molecule has 2 aromatic carbocycles. The summed E-state index contributed by atoms with van der Waals surface area (Å²) in [7, 11) is 1.59. The van der Waals surface area contributed by atoms with E-state index in [-0.39, 0.29) is 16.3 Å². The van der Waals surface area contributed by atoms with Crippen LogP contribution in [0.5, 0.6) is 11.5 Å². The SMILES string of the molecule is COc1ccc(-c2ccc(C=O)c(O)c2Cl)cc1. The van der Waals surface area contributed by atoms with Crippen LogP contribution in [0, 0.1) is 0 Å². The molecule has 92 valence electrons. The third-order valence-electron chi connectivity index (χ3n) is 2.68. The number of halogens is 1. The first-order valence-electron chi connectivity index (χ1n) is 5.28. The molecular weight excluding hydrogens is 252 g/mol. The second-order valence-corrected chi connectivity index (χ2v) is 4.09. The lowest BCUT2D eigenvalue weighted by atomic mass is 10.0. The molecule has 2 aromatic rings. The maximum Gasteiger partial charge on any atom is 0.153 e. The molecule has 0 bridgehead atoms. The molecule has 0 saturated carbocycles. The number of ether oxygens (including phenoxy) is 1. The van der Waals surface area contributed by atoms with Gasteiger partial charge in [-0.25, -0.2) is 0 Å². The highest BCUT2D eigenvalue weighted by molar-refractivity contribution is 6.35. The lowest BCUT2D eigenvalue weighted by Gasteiger charge is -2.08. The van der Waals surface area contributed by atoms with Gasteiger partial charge in [0, 0.05) is 5.56 Å². The third kappa shape index (κ3) is 2.17. The van der Waals surface area contributed by atoms with Gasteiger partial charge in [0.05, 0.1) is 17.7 Å². The van der Waals surface area contributed by atoms with Gasteiger partial charge in [0.15, 0.2) is 6.29 Å². The summed E-state index contributed by atoms with van der Waals surface area (Å²) in [6, 6.07) is 10.5. The van der Waals surface area contributed by atoms with E-state index in [4.69, 9.17) is 16.3 Å². The second-order valence-electron chi connectivity index (χ2n) is 3.71. The predicted octanol–water partition coefficient (Wildman–Crippen LogP) is 3.53. The molecule has 0 saturated heterocycles. The minimum atomic E-state index is -0.194. The number of hydrogen-bond donors (Lipinski definition) is 1. The van der Waals surface area contributed by atoms with E-state index in [1.807, 2.05) is 12.1 Å². The fourth-order valence-corrected chi connectivity index (χ4v) is 1.95. The first-order valence-corrected chi connectivity index (χ1v) is 5.66. The number of aromatic hydroxyl groups is 1. The van der Waals surface area contributed by atoms with Gasteiger partial charge in [-0.3, -0.25) is 4.79 Å². The van der Waals surface area contributed by atoms with Gasteiger partial charge in [-0.1, -0.05) is 29.8 Å². The number of methoxy groups -OCH3 is 1. The standard InChI is InChI=1S/C14H11ClO3/c1-18-11-5-2-9(3-6-11)12-7-4-10(8-16)14(17)13(12)15/h2-8,17H,1H3. The van der Waals surface area contributed by atoms with Gasteiger partial charge in [0.1, 0.15) is 11.5 Å². The molecule has 1 N–H and O–H groups in total. The normalized spacial score (nSPS) is 10.1. The molecule has 18 heavy (non-hydrogen) atoms. The van der Waals surface area contributed by atoms with Gasteiger partial charge < -0.3 is 9.84 Å². The number of carbonyl (C=O) groups is 1. The van der Waals surface area contributed by atoms with Crippen LogP contribution in [0.3, 0.4) is 0 Å². The summed E-state index contributed by atoms with van der Waals surface area (Å²) in [5.74, 6) is 0.545. The molecule has 0 spiro atoms. The third-order valence-corrected chi connectivity index (χ3v) is 3.06. The van der Waals surface area contributed by atoms with Crippen molar-refractivity contribution in [1.82, 2.24) is 0 Å². The average Bonchev–Trinajstić information content (AvgIpc) is 2.42. The van der Waals surface area contributed by atoms with Gasteiger partial charge >= 0.3 is 0 Å². The van der Waals surface area contributed by atoms with Gasteiger partial charge in [0.25, 0.3) is 0 Å². The van der Waals surface area contributed by atoms with Crippen LogP contribution in [0.25, 0.3) is 11.1 Å². The summed E-state index contributed by atoms with van der Waals surface area (Å²) in [5, 5.41) is 9.92. The van der Waals surface area contributed by atoms with E-state index in [0.29, 0.717) is 11.8 Å². The van der Waals surface area contributed by atoms with Crippen LogP contribution >= 0.6 is 11.6 Å². The molecule has 0 aromatic heterocycles. The van der Waals surface area contributed by atoms with Crippen molar-refractivity contribution in [3.63, 3.8) is 0 Å². The summed E-state index contributed by atoms with van der Waals surface area (Å²) in [5.41, 5.74) is 1.69. The van der Waals surface area contributed by atoms with Crippen LogP contribution in [0.2, 0.25) is 5.02 Å². The summed E-state index contributed by atoms with van der Waals surface area (Å²) in [4.78, 5) is 10.7. The summed E-state index contributed by atoms with van der Waals surface area (Å²) in [6.45, 7) is 0. The quantitative estimate of drug-likeness (QED) is 0.861. The highest BCUT2D eigenvalue weighted by Gasteiger charge is 2.11. The van der Waals surface area contributed by atoms with Crippen LogP contribution in [-0.4, -0.2) is 18.5 Å². The number of phenols is 1. The van der Waals surface area contributed by atoms with Gasteiger partial charge in [-0.15, -0.1) is 0 Å². The topological polar surface area (TPSA) is 46.5 Å². The van der Waals surface area contributed by atoms with Crippen molar-refractivity contribution in [2.24, 2.45) is 0 Å². The summed E-state index contributed by atoms with van der Waals surface area (Å²) >= 11 is 6.05. The lowest BCUT2D eigenvalue weighted by Crippen LogP contribution is -1.87. The molecule has 2 rings (SSSR count). The Morgan fingerprint density at radius 2 is 1.83 bits per heavy atom. The Morgan fingerprint density at radius 1 is 1.17 bits per heavy atom. The predicted molar refractivity (Wildman–Crippen MR) is 70.5 cm³/mol. The van der Waals surface area contributed by atoms with E-state index >= 15 is 0 Å². The average molecular weight is 263 g/mol. The number of benzene rings is 2. The van der Waals surface area contributed by atoms with Crippen LogP contribution in [0.4, 0.5) is 0 Å². The zero-order valence-corrected chi connectivity index (χ0v) is 10.4. The highest BCUT2D eigenvalue weighted by Crippen LogP contribution is 2.36. The second kappa shape index (κ2) is 5.10. The molecule has 0 amide bonds. The van der Waals surface area contributed by atoms with Crippen molar-refractivity contribution in [1.29, 1.82) is 0 Å². The monoisotopic (exact) mass is 262 g/mol. The Labute approximate surface area is 110 Å². The molecule has 0 aliphatic heterocycles. The van der Waals surface area contributed by atoms with Gasteiger partial charge in [-0.2, -0.15) is 0 Å². The maximum absolute atomic E-state index is 10.7. The van der Waals surface area contributed by atoms with E-state index < -0.39 is 0 Å². The smallest absolute Gasteiger partial charge is 0.153 e. The number of hydrogen-bond acceptors (Lipinski definition) is 3. The zero-order chi connectivity index (χ0) is 13.1. The first kappa shape index (κ1) is 12.5. The Hall–Kier alpha value is -2.00. The molecule has 3 nitrogen and oxygen atoms in total. The van der Waals surface area contributed by atoms with Crippen LogP contribution in [0.1, 0.15) is 10.4 Å². The Balaban J connectivity index is 2.50. The molecule has 0 aliphatic rings. The molecule has 0 aliphatic carbocycles. The van der Waals surface area contributed by atoms with Crippen LogP contribution in [-0.2, 0) is 0 Å². The fraction of sp³-hybridized carbons (Fsp3) is 0.0714. The van der Waals surface area contributed by atoms with Crippen molar-refractivity contribution in [3.8, 4) is 22.6 Å². The van der Waals surface area contributed by atoms with E-state index in [2.05, 4.69) is 0 Å². The zero-order valence-electron chi connectivity index (χ0n) is 9.68. The Bertz CT molecular complexity index is 576. The Morgan fingerprint density at radius 3 is 2.39 bits per heavy atom. The van der Waals surface area contributed by atoms with E-state index in [0.717, 1.165) is 11.3 Å². The highest BCUT2D eigenvalue weighted by atomic mass is 35.5. The van der Waals surface area contributed by atoms with Crippen LogP contribution < -0.4 is 4.74 Å². The van der Waals surface area contributed by atoms with E-state index in [1.54, 1.807) is 25.3 Å². The van der Waals surface area contributed by atoms with E-state index in [9.17, 15) is 9.90 Å². The van der Waals surface area contributed by atoms with Gasteiger partial charge in [-0.05, 0) is 23.8 Å². The maximum atomic E-state index is 10.7. The first-order chi connectivity index (χ1) is 8.67. The van der Waals surface area contributed by atoms with Crippen molar-refractivity contribution in [2.75, 3.05) is 7.11 Å². The summed E-state index contributed by atoms with van der Waals surface area (Å²) < 4.78 is 5.07. The summed E-state index contributed by atoms with van der Waals surface area (Å²) in [6.07, 6.45) is 0.568.